The first-order chi connectivity index (χ1) is 3.77. The summed E-state index contributed by atoms with van der Waals surface area (Å²) < 4.78 is 4.93. The van der Waals surface area contributed by atoms with Crippen molar-refractivity contribution in [1.29, 1.82) is 0 Å². The van der Waals surface area contributed by atoms with E-state index in [9.17, 15) is 5.11 Å². The van der Waals surface area contributed by atoms with Crippen molar-refractivity contribution >= 4 is 0 Å². The zero-order valence-electron chi connectivity index (χ0n) is 5.52. The van der Waals surface area contributed by atoms with Crippen LogP contribution in [0.4, 0.5) is 0 Å². The summed E-state index contributed by atoms with van der Waals surface area (Å²) in [6.45, 7) is 5.07. The monoisotopic (exact) mass is 117 g/mol. The second kappa shape index (κ2) is 5.06. The Kier molecular flexibility index (Phi) is 5.01. The predicted molar refractivity (Wildman–Crippen MR) is 31.2 cm³/mol. The molecule has 0 aliphatic heterocycles. The van der Waals surface area contributed by atoms with Gasteiger partial charge in [-0.15, -0.1) is 0 Å². The van der Waals surface area contributed by atoms with E-state index in [0.717, 1.165) is 0 Å². The molecule has 0 rings (SSSR count). The number of hydrogen-bond donors (Lipinski definition) is 0. The average molecular weight is 117 g/mol. The summed E-state index contributed by atoms with van der Waals surface area (Å²) in [5.41, 5.74) is 0. The minimum atomic E-state index is -0.118. The molecule has 0 unspecified atom stereocenters. The lowest BCUT2D eigenvalue weighted by Crippen LogP contribution is -2.04. The molecule has 0 aromatic rings. The van der Waals surface area contributed by atoms with Crippen LogP contribution in [0.3, 0.4) is 0 Å². The van der Waals surface area contributed by atoms with Crippen molar-refractivity contribution in [2.75, 3.05) is 19.8 Å². The Morgan fingerprint density at radius 1 is 1.50 bits per heavy atom. The molecule has 1 radical (unpaired) electrons. The molecule has 49 valence electrons. The van der Waals surface area contributed by atoms with Gasteiger partial charge in [0.1, 0.15) is 6.61 Å². The van der Waals surface area contributed by atoms with E-state index in [1.54, 1.807) is 0 Å². The van der Waals surface area contributed by atoms with Gasteiger partial charge in [-0.1, -0.05) is 13.8 Å². The molecule has 0 fully saturated rings. The van der Waals surface area contributed by atoms with Crippen LogP contribution in [-0.2, 0) is 9.84 Å². The second-order valence-electron chi connectivity index (χ2n) is 2.17. The lowest BCUT2D eigenvalue weighted by Gasteiger charge is -2.02. The van der Waals surface area contributed by atoms with Crippen molar-refractivity contribution in [2.24, 2.45) is 5.92 Å². The fraction of sp³-hybridized carbons (Fsp3) is 1.00. The van der Waals surface area contributed by atoms with Crippen LogP contribution in [-0.4, -0.2) is 19.8 Å². The lowest BCUT2D eigenvalue weighted by atomic mass is 10.2. The Hall–Kier alpha value is -0.0800. The van der Waals surface area contributed by atoms with Crippen molar-refractivity contribution in [3.05, 3.63) is 0 Å². The van der Waals surface area contributed by atoms with Crippen LogP contribution in [0.5, 0.6) is 0 Å². The smallest absolute Gasteiger partial charge is 0.106 e. The quantitative estimate of drug-likeness (QED) is 0.507. The van der Waals surface area contributed by atoms with Gasteiger partial charge in [0.15, 0.2) is 0 Å². The van der Waals surface area contributed by atoms with Crippen molar-refractivity contribution in [2.45, 2.75) is 13.8 Å². The van der Waals surface area contributed by atoms with Crippen LogP contribution in [0.25, 0.3) is 0 Å². The minimum Gasteiger partial charge on any atom is -0.379 e. The zero-order chi connectivity index (χ0) is 6.41. The van der Waals surface area contributed by atoms with E-state index in [1.807, 2.05) is 0 Å². The molecule has 0 aromatic heterocycles. The molecule has 0 atom stereocenters. The highest BCUT2D eigenvalue weighted by Gasteiger charge is 1.90. The summed E-state index contributed by atoms with van der Waals surface area (Å²) in [5.74, 6) is 0.543. The highest BCUT2D eigenvalue weighted by atomic mass is 16.5. The van der Waals surface area contributed by atoms with E-state index in [1.165, 1.54) is 0 Å². The Bertz CT molecular complexity index is 43.8. The predicted octanol–water partition coefficient (Wildman–Crippen LogP) is 1.09. The molecule has 0 spiro atoms. The number of rotatable bonds is 4. The number of hydrogen-bond acceptors (Lipinski definition) is 1. The van der Waals surface area contributed by atoms with Gasteiger partial charge in [0, 0.05) is 6.61 Å². The van der Waals surface area contributed by atoms with Gasteiger partial charge in [-0.05, 0) is 5.92 Å². The van der Waals surface area contributed by atoms with Crippen LogP contribution >= 0.6 is 0 Å². The van der Waals surface area contributed by atoms with E-state index in [4.69, 9.17) is 4.74 Å². The summed E-state index contributed by atoms with van der Waals surface area (Å²) in [5, 5.41) is 9.79. The van der Waals surface area contributed by atoms with E-state index >= 15 is 0 Å². The van der Waals surface area contributed by atoms with Crippen molar-refractivity contribution < 1.29 is 9.84 Å². The summed E-state index contributed by atoms with van der Waals surface area (Å²) in [6.07, 6.45) is 0. The van der Waals surface area contributed by atoms with Gasteiger partial charge >= 0.3 is 0 Å². The first kappa shape index (κ1) is 7.92. The maximum atomic E-state index is 9.79. The Morgan fingerprint density at radius 2 is 2.12 bits per heavy atom. The van der Waals surface area contributed by atoms with Gasteiger partial charge in [0.2, 0.25) is 0 Å². The van der Waals surface area contributed by atoms with E-state index in [2.05, 4.69) is 13.8 Å². The molecule has 0 amide bonds. The van der Waals surface area contributed by atoms with Crippen molar-refractivity contribution in [3.8, 4) is 0 Å². The molecule has 2 heteroatoms. The molecule has 0 aromatic carbocycles. The third-order valence-corrected chi connectivity index (χ3v) is 0.679. The first-order valence-corrected chi connectivity index (χ1v) is 2.93. The fourth-order valence-corrected chi connectivity index (χ4v) is 0.378. The van der Waals surface area contributed by atoms with Gasteiger partial charge < -0.3 is 4.74 Å². The summed E-state index contributed by atoms with van der Waals surface area (Å²) in [6, 6.07) is 0. The molecule has 0 aliphatic rings. The molecule has 8 heavy (non-hydrogen) atoms. The molecule has 0 aliphatic carbocycles. The second-order valence-corrected chi connectivity index (χ2v) is 2.17. The topological polar surface area (TPSA) is 29.1 Å². The highest BCUT2D eigenvalue weighted by molar-refractivity contribution is 4.37. The van der Waals surface area contributed by atoms with Crippen LogP contribution in [0, 0.1) is 5.92 Å². The molecular formula is C6H13O2. The van der Waals surface area contributed by atoms with Gasteiger partial charge in [-0.3, -0.25) is 0 Å². The van der Waals surface area contributed by atoms with E-state index in [0.29, 0.717) is 19.1 Å². The third kappa shape index (κ3) is 5.92. The van der Waals surface area contributed by atoms with E-state index in [-0.39, 0.29) is 6.61 Å². The molecule has 2 nitrogen and oxygen atoms in total. The van der Waals surface area contributed by atoms with E-state index < -0.39 is 0 Å². The molecule has 0 N–H and O–H groups in total. The maximum Gasteiger partial charge on any atom is 0.106 e. The molecular weight excluding hydrogens is 104 g/mol. The largest absolute Gasteiger partial charge is 0.379 e. The standard InChI is InChI=1S/C6H13O2/c1-6(2)5-8-4-3-7/h6H,3-5H2,1-2H3. The van der Waals surface area contributed by atoms with Crippen LogP contribution in [0.15, 0.2) is 0 Å². The Labute approximate surface area is 50.5 Å². The Balaban J connectivity index is 2.72. The normalized spacial score (nSPS) is 10.5. The lowest BCUT2D eigenvalue weighted by molar-refractivity contribution is 0.0510. The van der Waals surface area contributed by atoms with Crippen molar-refractivity contribution in [3.63, 3.8) is 0 Å². The van der Waals surface area contributed by atoms with Gasteiger partial charge in [0.05, 0.1) is 6.61 Å². The Morgan fingerprint density at radius 3 is 2.50 bits per heavy atom. The van der Waals surface area contributed by atoms with Gasteiger partial charge in [0.25, 0.3) is 0 Å². The minimum absolute atomic E-state index is 0.118. The summed E-state index contributed by atoms with van der Waals surface area (Å²) >= 11 is 0. The fourth-order valence-electron chi connectivity index (χ4n) is 0.378. The van der Waals surface area contributed by atoms with Crippen LogP contribution in [0.2, 0.25) is 0 Å². The van der Waals surface area contributed by atoms with Crippen LogP contribution in [0.1, 0.15) is 13.8 Å². The molecule has 0 bridgehead atoms. The molecule has 0 saturated heterocycles. The van der Waals surface area contributed by atoms with Crippen LogP contribution < -0.4 is 0 Å². The first-order valence-electron chi connectivity index (χ1n) is 2.93. The highest BCUT2D eigenvalue weighted by Crippen LogP contribution is 1.90. The summed E-state index contributed by atoms with van der Waals surface area (Å²) in [7, 11) is 0. The van der Waals surface area contributed by atoms with Gasteiger partial charge in [-0.25, -0.2) is 5.11 Å². The number of ether oxygens (including phenoxy) is 1. The van der Waals surface area contributed by atoms with Crippen molar-refractivity contribution in [1.82, 2.24) is 0 Å². The average Bonchev–Trinajstić information content (AvgIpc) is 1.66. The SMILES string of the molecule is CC(C)COCC[O]. The summed E-state index contributed by atoms with van der Waals surface area (Å²) in [4.78, 5) is 0. The zero-order valence-corrected chi connectivity index (χ0v) is 5.52. The maximum absolute atomic E-state index is 9.79. The molecule has 0 heterocycles. The molecule has 0 saturated carbocycles. The third-order valence-electron chi connectivity index (χ3n) is 0.679. The van der Waals surface area contributed by atoms with Gasteiger partial charge in [-0.2, -0.15) is 0 Å².